The molecule has 1 N–H and O–H groups in total. The number of aromatic nitrogens is 2. The molecule has 1 fully saturated rings. The molecule has 2 aromatic rings. The predicted octanol–water partition coefficient (Wildman–Crippen LogP) is 3.29. The van der Waals surface area contributed by atoms with Crippen LogP contribution in [0.25, 0.3) is 6.08 Å². The van der Waals surface area contributed by atoms with Crippen molar-refractivity contribution in [2.24, 2.45) is 0 Å². The first-order valence-corrected chi connectivity index (χ1v) is 10.3. The lowest BCUT2D eigenvalue weighted by molar-refractivity contribution is -0.129. The van der Waals surface area contributed by atoms with Crippen LogP contribution in [-0.2, 0) is 9.59 Å². The highest BCUT2D eigenvalue weighted by Gasteiger charge is 2.17. The molecule has 0 unspecified atom stereocenters. The Kier molecular flexibility index (Phi) is 6.79. The molecule has 2 amide bonds. The second-order valence-corrected chi connectivity index (χ2v) is 8.04. The summed E-state index contributed by atoms with van der Waals surface area (Å²) >= 11 is 2.64. The first-order chi connectivity index (χ1) is 12.7. The number of nitrogens with zero attached hydrogens (tertiary/aromatic N) is 3. The molecule has 0 aliphatic carbocycles. The number of thioether (sulfide) groups is 1. The van der Waals surface area contributed by atoms with Crippen LogP contribution in [0.5, 0.6) is 0 Å². The van der Waals surface area contributed by atoms with E-state index in [-0.39, 0.29) is 11.8 Å². The first kappa shape index (κ1) is 18.6. The number of likely N-dealkylation sites (tertiary alicyclic amines) is 1. The second-order valence-electron chi connectivity index (χ2n) is 5.84. The summed E-state index contributed by atoms with van der Waals surface area (Å²) in [5.41, 5.74) is 0.951. The Hall–Kier alpha value is -2.19. The molecule has 0 atom stereocenters. The van der Waals surface area contributed by atoms with Crippen LogP contribution >= 0.6 is 23.1 Å². The average molecular weight is 389 g/mol. The zero-order valence-corrected chi connectivity index (χ0v) is 15.9. The Morgan fingerprint density at radius 1 is 1.15 bits per heavy atom. The van der Waals surface area contributed by atoms with Gasteiger partial charge in [-0.2, -0.15) is 0 Å². The maximum absolute atomic E-state index is 12.2. The number of hydrogen-bond acceptors (Lipinski definition) is 6. The van der Waals surface area contributed by atoms with Gasteiger partial charge in [0.25, 0.3) is 0 Å². The first-order valence-electron chi connectivity index (χ1n) is 8.49. The van der Waals surface area contributed by atoms with Crippen LogP contribution in [0, 0.1) is 0 Å². The van der Waals surface area contributed by atoms with Crippen LogP contribution in [-0.4, -0.2) is 45.8 Å². The molecule has 1 aromatic carbocycles. The van der Waals surface area contributed by atoms with Gasteiger partial charge in [-0.15, -0.1) is 10.2 Å². The zero-order valence-electron chi connectivity index (χ0n) is 14.3. The number of benzene rings is 1. The van der Waals surface area contributed by atoms with Gasteiger partial charge in [-0.1, -0.05) is 53.4 Å². The van der Waals surface area contributed by atoms with Gasteiger partial charge in [-0.05, 0) is 30.9 Å². The van der Waals surface area contributed by atoms with E-state index in [1.807, 2.05) is 35.2 Å². The Labute approximate surface area is 160 Å². The van der Waals surface area contributed by atoms with Gasteiger partial charge in [-0.3, -0.25) is 14.9 Å². The van der Waals surface area contributed by atoms with E-state index in [0.29, 0.717) is 15.2 Å². The molecule has 26 heavy (non-hydrogen) atoms. The van der Waals surface area contributed by atoms with E-state index in [2.05, 4.69) is 15.5 Å². The minimum absolute atomic E-state index is 0.140. The molecule has 0 spiro atoms. The van der Waals surface area contributed by atoms with Crippen molar-refractivity contribution in [3.63, 3.8) is 0 Å². The number of piperidine rings is 1. The van der Waals surface area contributed by atoms with Gasteiger partial charge in [0.05, 0.1) is 5.75 Å². The molecule has 2 heterocycles. The molecule has 8 heteroatoms. The van der Waals surface area contributed by atoms with Gasteiger partial charge in [-0.25, -0.2) is 0 Å². The molecule has 0 saturated carbocycles. The highest BCUT2D eigenvalue weighted by molar-refractivity contribution is 8.01. The summed E-state index contributed by atoms with van der Waals surface area (Å²) in [5, 5.41) is 11.1. The summed E-state index contributed by atoms with van der Waals surface area (Å²) in [5.74, 6) is 0.239. The fourth-order valence-electron chi connectivity index (χ4n) is 2.56. The van der Waals surface area contributed by atoms with E-state index in [1.54, 1.807) is 6.08 Å². The molecule has 0 bridgehead atoms. The molecule has 0 radical (unpaired) electrons. The monoisotopic (exact) mass is 388 g/mol. The van der Waals surface area contributed by atoms with E-state index >= 15 is 0 Å². The zero-order chi connectivity index (χ0) is 18.2. The third-order valence-electron chi connectivity index (χ3n) is 3.89. The standard InChI is InChI=1S/C18H20N4O2S2/c23-15(10-9-14-7-3-1-4-8-14)19-17-20-21-18(26-17)25-13-16(24)22-11-5-2-6-12-22/h1,3-4,7-10H,2,5-6,11-13H2,(H,19,20,23). The number of carbonyl (C=O) groups is 2. The number of carbonyl (C=O) groups excluding carboxylic acids is 2. The summed E-state index contributed by atoms with van der Waals surface area (Å²) in [7, 11) is 0. The Morgan fingerprint density at radius 2 is 1.92 bits per heavy atom. The number of amides is 2. The molecule has 3 rings (SSSR count). The van der Waals surface area contributed by atoms with Gasteiger partial charge in [0, 0.05) is 19.2 Å². The maximum Gasteiger partial charge on any atom is 0.250 e. The summed E-state index contributed by atoms with van der Waals surface area (Å²) in [6.07, 6.45) is 6.58. The van der Waals surface area contributed by atoms with Gasteiger partial charge >= 0.3 is 0 Å². The fourth-order valence-corrected chi connectivity index (χ4v) is 4.22. The summed E-state index contributed by atoms with van der Waals surface area (Å²) < 4.78 is 0.678. The van der Waals surface area contributed by atoms with Crippen molar-refractivity contribution in [3.8, 4) is 0 Å². The highest BCUT2D eigenvalue weighted by atomic mass is 32.2. The average Bonchev–Trinajstić information content (AvgIpc) is 3.13. The van der Waals surface area contributed by atoms with Crippen LogP contribution in [0.15, 0.2) is 40.7 Å². The van der Waals surface area contributed by atoms with Crippen molar-refractivity contribution in [3.05, 3.63) is 42.0 Å². The molecule has 6 nitrogen and oxygen atoms in total. The maximum atomic E-state index is 12.2. The number of hydrogen-bond donors (Lipinski definition) is 1. The molecule has 1 aliphatic heterocycles. The Balaban J connectivity index is 1.46. The van der Waals surface area contributed by atoms with Crippen molar-refractivity contribution in [2.45, 2.75) is 23.6 Å². The van der Waals surface area contributed by atoms with Crippen molar-refractivity contribution >= 4 is 46.1 Å². The third-order valence-corrected chi connectivity index (χ3v) is 5.85. The van der Waals surface area contributed by atoms with E-state index in [9.17, 15) is 9.59 Å². The third kappa shape index (κ3) is 5.67. The molecule has 1 aromatic heterocycles. The Morgan fingerprint density at radius 3 is 2.69 bits per heavy atom. The SMILES string of the molecule is O=C(C=Cc1ccccc1)Nc1nnc(SCC(=O)N2CCCCC2)s1. The van der Waals surface area contributed by atoms with Crippen LogP contribution < -0.4 is 5.32 Å². The van der Waals surface area contributed by atoms with E-state index in [0.717, 1.165) is 31.5 Å². The lowest BCUT2D eigenvalue weighted by atomic mass is 10.1. The van der Waals surface area contributed by atoms with Gasteiger partial charge in [0.2, 0.25) is 16.9 Å². The molecule has 1 aliphatic rings. The smallest absolute Gasteiger partial charge is 0.250 e. The van der Waals surface area contributed by atoms with Crippen LogP contribution in [0.2, 0.25) is 0 Å². The van der Waals surface area contributed by atoms with E-state index in [4.69, 9.17) is 0 Å². The number of nitrogens with one attached hydrogen (secondary N) is 1. The minimum Gasteiger partial charge on any atom is -0.342 e. The van der Waals surface area contributed by atoms with Gasteiger partial charge < -0.3 is 4.90 Å². The van der Waals surface area contributed by atoms with Gasteiger partial charge in [0.1, 0.15) is 0 Å². The minimum atomic E-state index is -0.258. The summed E-state index contributed by atoms with van der Waals surface area (Å²) in [6.45, 7) is 1.70. The lowest BCUT2D eigenvalue weighted by Crippen LogP contribution is -2.36. The van der Waals surface area contributed by atoms with Crippen molar-refractivity contribution in [2.75, 3.05) is 24.2 Å². The summed E-state index contributed by atoms with van der Waals surface area (Å²) in [6, 6.07) is 9.59. The summed E-state index contributed by atoms with van der Waals surface area (Å²) in [4.78, 5) is 26.0. The number of anilines is 1. The van der Waals surface area contributed by atoms with Crippen molar-refractivity contribution in [1.82, 2.24) is 15.1 Å². The lowest BCUT2D eigenvalue weighted by Gasteiger charge is -2.26. The fraction of sp³-hybridized carbons (Fsp3) is 0.333. The molecule has 1 saturated heterocycles. The number of rotatable bonds is 6. The van der Waals surface area contributed by atoms with Crippen LogP contribution in [0.3, 0.4) is 0 Å². The largest absolute Gasteiger partial charge is 0.342 e. The quantitative estimate of drug-likeness (QED) is 0.467. The molecule has 136 valence electrons. The predicted molar refractivity (Wildman–Crippen MR) is 105 cm³/mol. The van der Waals surface area contributed by atoms with Crippen LogP contribution in [0.4, 0.5) is 5.13 Å². The highest BCUT2D eigenvalue weighted by Crippen LogP contribution is 2.26. The van der Waals surface area contributed by atoms with Crippen LogP contribution in [0.1, 0.15) is 24.8 Å². The van der Waals surface area contributed by atoms with Gasteiger partial charge in [0.15, 0.2) is 4.34 Å². The van der Waals surface area contributed by atoms with E-state index in [1.165, 1.54) is 35.6 Å². The molecular formula is C18H20N4O2S2. The second kappa shape index (κ2) is 9.49. The topological polar surface area (TPSA) is 75.2 Å². The normalized spacial score (nSPS) is 14.5. The van der Waals surface area contributed by atoms with Crippen molar-refractivity contribution < 1.29 is 9.59 Å². The molecular weight excluding hydrogens is 368 g/mol. The van der Waals surface area contributed by atoms with E-state index < -0.39 is 0 Å². The van der Waals surface area contributed by atoms with Crippen molar-refractivity contribution in [1.29, 1.82) is 0 Å². The Bertz CT molecular complexity index is 771.